The Morgan fingerprint density at radius 2 is 1.81 bits per heavy atom. The van der Waals surface area contributed by atoms with Crippen molar-refractivity contribution in [3.8, 4) is 17.6 Å². The van der Waals surface area contributed by atoms with Gasteiger partial charge in [0.25, 0.3) is 0 Å². The van der Waals surface area contributed by atoms with Gasteiger partial charge in [-0.1, -0.05) is 23.7 Å². The second-order valence-corrected chi connectivity index (χ2v) is 9.48. The minimum Gasteiger partial charge on any atom is -0.486 e. The van der Waals surface area contributed by atoms with Crippen LogP contribution in [0.1, 0.15) is 11.1 Å². The van der Waals surface area contributed by atoms with Crippen LogP contribution in [0.3, 0.4) is 0 Å². The van der Waals surface area contributed by atoms with Crippen molar-refractivity contribution in [2.24, 2.45) is 0 Å². The summed E-state index contributed by atoms with van der Waals surface area (Å²) in [5.74, 6) is 0.886. The third-order valence-corrected chi connectivity index (χ3v) is 7.47. The van der Waals surface area contributed by atoms with Crippen LogP contribution in [-0.4, -0.2) is 62.9 Å². The standard InChI is InChI=1S/C21H20ClN3O5S/c22-17-11-15(12-18-21(17)30-10-9-29-18)13-20(26)24-5-7-25(8-6-24)31(27,28)19-4-2-1-3-16(19)14-23/h1-4,11-12H,5-10,13H2. The average molecular weight is 462 g/mol. The molecule has 0 bridgehead atoms. The lowest BCUT2D eigenvalue weighted by molar-refractivity contribution is -0.131. The first-order valence-corrected chi connectivity index (χ1v) is 11.6. The number of rotatable bonds is 4. The maximum Gasteiger partial charge on any atom is 0.244 e. The Bertz CT molecular complexity index is 1150. The van der Waals surface area contributed by atoms with Crippen LogP contribution in [-0.2, 0) is 21.2 Å². The second kappa shape index (κ2) is 8.75. The molecule has 162 valence electrons. The topological polar surface area (TPSA) is 99.9 Å². The molecule has 0 radical (unpaired) electrons. The van der Waals surface area contributed by atoms with Crippen molar-refractivity contribution in [2.45, 2.75) is 11.3 Å². The molecule has 0 saturated carbocycles. The van der Waals surface area contributed by atoms with Crippen LogP contribution < -0.4 is 9.47 Å². The molecular formula is C21H20ClN3O5S. The van der Waals surface area contributed by atoms with Gasteiger partial charge in [0, 0.05) is 26.2 Å². The lowest BCUT2D eigenvalue weighted by atomic mass is 10.1. The molecule has 1 amide bonds. The van der Waals surface area contributed by atoms with Gasteiger partial charge in [-0.15, -0.1) is 0 Å². The molecule has 2 aliphatic heterocycles. The molecule has 10 heteroatoms. The van der Waals surface area contributed by atoms with E-state index in [2.05, 4.69) is 0 Å². The van der Waals surface area contributed by atoms with E-state index < -0.39 is 10.0 Å². The Morgan fingerprint density at radius 3 is 2.55 bits per heavy atom. The fourth-order valence-electron chi connectivity index (χ4n) is 3.65. The molecule has 8 nitrogen and oxygen atoms in total. The quantitative estimate of drug-likeness (QED) is 0.691. The first kappa shape index (κ1) is 21.4. The van der Waals surface area contributed by atoms with E-state index in [0.29, 0.717) is 35.3 Å². The summed E-state index contributed by atoms with van der Waals surface area (Å²) in [5, 5.41) is 9.61. The Labute approximate surface area is 185 Å². The van der Waals surface area contributed by atoms with Crippen molar-refractivity contribution in [1.82, 2.24) is 9.21 Å². The third kappa shape index (κ3) is 4.32. The van der Waals surface area contributed by atoms with Gasteiger partial charge in [-0.3, -0.25) is 4.79 Å². The van der Waals surface area contributed by atoms with Crippen LogP contribution in [0.2, 0.25) is 5.02 Å². The number of halogens is 1. The van der Waals surface area contributed by atoms with Crippen molar-refractivity contribution in [1.29, 1.82) is 5.26 Å². The van der Waals surface area contributed by atoms with Gasteiger partial charge in [-0.05, 0) is 29.8 Å². The monoisotopic (exact) mass is 461 g/mol. The maximum absolute atomic E-state index is 12.9. The fraction of sp³-hybridized carbons (Fsp3) is 0.333. The van der Waals surface area contributed by atoms with Gasteiger partial charge in [-0.2, -0.15) is 9.57 Å². The number of hydrogen-bond acceptors (Lipinski definition) is 6. The minimum absolute atomic E-state index is 0.0109. The SMILES string of the molecule is N#Cc1ccccc1S(=O)(=O)N1CCN(C(=O)Cc2cc(Cl)c3c(c2)OCCO3)CC1. The van der Waals surface area contributed by atoms with E-state index in [4.69, 9.17) is 21.1 Å². The largest absolute Gasteiger partial charge is 0.486 e. The summed E-state index contributed by atoms with van der Waals surface area (Å²) in [6, 6.07) is 11.5. The summed E-state index contributed by atoms with van der Waals surface area (Å²) in [6.45, 7) is 1.71. The molecule has 2 aliphatic rings. The summed E-state index contributed by atoms with van der Waals surface area (Å²) >= 11 is 6.24. The first-order chi connectivity index (χ1) is 14.9. The molecule has 0 spiro atoms. The van der Waals surface area contributed by atoms with Crippen LogP contribution in [0, 0.1) is 11.3 Å². The number of carbonyl (C=O) groups excluding carboxylic acids is 1. The number of sulfonamides is 1. The molecule has 31 heavy (non-hydrogen) atoms. The van der Waals surface area contributed by atoms with E-state index in [1.165, 1.54) is 16.4 Å². The summed E-state index contributed by atoms with van der Waals surface area (Å²) in [7, 11) is -3.80. The van der Waals surface area contributed by atoms with Crippen LogP contribution in [0.5, 0.6) is 11.5 Å². The van der Waals surface area contributed by atoms with E-state index in [1.807, 2.05) is 6.07 Å². The molecule has 4 rings (SSSR count). The van der Waals surface area contributed by atoms with Gasteiger partial charge in [0.1, 0.15) is 19.3 Å². The Balaban J connectivity index is 1.42. The highest BCUT2D eigenvalue weighted by molar-refractivity contribution is 7.89. The lowest BCUT2D eigenvalue weighted by Gasteiger charge is -2.34. The number of ether oxygens (including phenoxy) is 2. The van der Waals surface area contributed by atoms with Crippen LogP contribution in [0.15, 0.2) is 41.3 Å². The smallest absolute Gasteiger partial charge is 0.244 e. The Morgan fingerprint density at radius 1 is 1.10 bits per heavy atom. The third-order valence-electron chi connectivity index (χ3n) is 5.23. The highest BCUT2D eigenvalue weighted by Gasteiger charge is 2.31. The zero-order valence-corrected chi connectivity index (χ0v) is 18.2. The number of piperazine rings is 1. The summed E-state index contributed by atoms with van der Waals surface area (Å²) < 4.78 is 38.2. The molecule has 0 atom stereocenters. The summed E-state index contributed by atoms with van der Waals surface area (Å²) in [6.07, 6.45) is 0.125. The average Bonchev–Trinajstić information content (AvgIpc) is 2.79. The summed E-state index contributed by atoms with van der Waals surface area (Å²) in [4.78, 5) is 14.4. The molecule has 1 fully saturated rings. The molecule has 0 unspecified atom stereocenters. The van der Waals surface area contributed by atoms with Crippen LogP contribution in [0.25, 0.3) is 0 Å². The van der Waals surface area contributed by atoms with E-state index in [1.54, 1.807) is 29.2 Å². The molecule has 0 N–H and O–H groups in total. The number of nitriles is 1. The zero-order chi connectivity index (χ0) is 22.0. The normalized spacial score (nSPS) is 16.6. The Hall–Kier alpha value is -2.80. The highest BCUT2D eigenvalue weighted by Crippen LogP contribution is 2.38. The fourth-order valence-corrected chi connectivity index (χ4v) is 5.51. The molecule has 1 saturated heterocycles. The van der Waals surface area contributed by atoms with Crippen molar-refractivity contribution < 1.29 is 22.7 Å². The predicted octanol–water partition coefficient (Wildman–Crippen LogP) is 2.06. The lowest BCUT2D eigenvalue weighted by Crippen LogP contribution is -2.50. The maximum atomic E-state index is 12.9. The molecule has 2 aromatic carbocycles. The molecule has 0 aromatic heterocycles. The van der Waals surface area contributed by atoms with Crippen molar-refractivity contribution in [2.75, 3.05) is 39.4 Å². The number of fused-ring (bicyclic) bond motifs is 1. The van der Waals surface area contributed by atoms with E-state index in [0.717, 1.165) is 0 Å². The number of hydrogen-bond donors (Lipinski definition) is 0. The van der Waals surface area contributed by atoms with Crippen molar-refractivity contribution in [3.63, 3.8) is 0 Å². The van der Waals surface area contributed by atoms with Gasteiger partial charge < -0.3 is 14.4 Å². The molecule has 2 aromatic rings. The minimum atomic E-state index is -3.80. The number of carbonyl (C=O) groups is 1. The van der Waals surface area contributed by atoms with Gasteiger partial charge in [-0.25, -0.2) is 8.42 Å². The molecule has 0 aliphatic carbocycles. The number of nitrogens with zero attached hydrogens (tertiary/aromatic N) is 3. The number of benzene rings is 2. The highest BCUT2D eigenvalue weighted by atomic mass is 35.5. The molecule has 2 heterocycles. The van der Waals surface area contributed by atoms with Crippen LogP contribution in [0.4, 0.5) is 0 Å². The van der Waals surface area contributed by atoms with Gasteiger partial charge in [0.05, 0.1) is 21.9 Å². The Kier molecular flexibility index (Phi) is 6.05. The van der Waals surface area contributed by atoms with Crippen molar-refractivity contribution >= 4 is 27.5 Å². The van der Waals surface area contributed by atoms with Crippen LogP contribution >= 0.6 is 11.6 Å². The van der Waals surface area contributed by atoms with Gasteiger partial charge in [0.15, 0.2) is 11.5 Å². The predicted molar refractivity (Wildman–Crippen MR) is 113 cm³/mol. The van der Waals surface area contributed by atoms with Gasteiger partial charge in [0.2, 0.25) is 15.9 Å². The van der Waals surface area contributed by atoms with E-state index in [9.17, 15) is 18.5 Å². The van der Waals surface area contributed by atoms with E-state index >= 15 is 0 Å². The second-order valence-electron chi connectivity index (χ2n) is 7.17. The summed E-state index contributed by atoms with van der Waals surface area (Å²) in [5.41, 5.74) is 0.814. The zero-order valence-electron chi connectivity index (χ0n) is 16.6. The molecular weight excluding hydrogens is 442 g/mol. The first-order valence-electron chi connectivity index (χ1n) is 9.75. The van der Waals surface area contributed by atoms with Gasteiger partial charge >= 0.3 is 0 Å². The number of amides is 1. The van der Waals surface area contributed by atoms with Crippen molar-refractivity contribution in [3.05, 3.63) is 52.5 Å². The van der Waals surface area contributed by atoms with E-state index in [-0.39, 0.29) is 49.0 Å².